The Hall–Kier alpha value is -2.58. The first-order valence-corrected chi connectivity index (χ1v) is 21.6. The molecule has 0 radical (unpaired) electrons. The number of hydrogen-bond acceptors (Lipinski definition) is 5. The van der Waals surface area contributed by atoms with Crippen LogP contribution in [0, 0.1) is 0 Å². The lowest BCUT2D eigenvalue weighted by Crippen LogP contribution is -2.45. The average Bonchev–Trinajstić information content (AvgIpc) is 3.10. The van der Waals surface area contributed by atoms with E-state index in [4.69, 9.17) is 9.05 Å². The summed E-state index contributed by atoms with van der Waals surface area (Å²) in [7, 11) is 1.53. The van der Waals surface area contributed by atoms with Gasteiger partial charge in [-0.3, -0.25) is 13.8 Å². The van der Waals surface area contributed by atoms with Crippen molar-refractivity contribution in [3.63, 3.8) is 0 Å². The summed E-state index contributed by atoms with van der Waals surface area (Å²) < 4.78 is 23.2. The molecule has 3 atom stereocenters. The average molecular weight is 760 g/mol. The lowest BCUT2D eigenvalue weighted by Gasteiger charge is -2.25. The van der Waals surface area contributed by atoms with Crippen LogP contribution in [0.2, 0.25) is 0 Å². The van der Waals surface area contributed by atoms with Crippen LogP contribution in [0.4, 0.5) is 0 Å². The Morgan fingerprint density at radius 1 is 0.660 bits per heavy atom. The van der Waals surface area contributed by atoms with Gasteiger partial charge in [0.15, 0.2) is 0 Å². The number of allylic oxidation sites excluding steroid dienone is 15. The van der Waals surface area contributed by atoms with Gasteiger partial charge in [0.1, 0.15) is 13.2 Å². The molecule has 53 heavy (non-hydrogen) atoms. The van der Waals surface area contributed by atoms with Crippen LogP contribution in [0.3, 0.4) is 0 Å². The van der Waals surface area contributed by atoms with Crippen molar-refractivity contribution < 1.29 is 32.9 Å². The van der Waals surface area contributed by atoms with E-state index in [-0.39, 0.29) is 19.1 Å². The number of rotatable bonds is 34. The van der Waals surface area contributed by atoms with Crippen LogP contribution >= 0.6 is 7.82 Å². The van der Waals surface area contributed by atoms with Crippen LogP contribution in [0.15, 0.2) is 97.2 Å². The van der Waals surface area contributed by atoms with Crippen molar-refractivity contribution >= 4 is 13.7 Å². The highest BCUT2D eigenvalue weighted by molar-refractivity contribution is 7.47. The molecule has 0 aliphatic heterocycles. The molecule has 0 bridgehead atoms. The second-order valence-corrected chi connectivity index (χ2v) is 15.7. The van der Waals surface area contributed by atoms with E-state index in [1.807, 2.05) is 27.2 Å². The third-order valence-electron chi connectivity index (χ3n) is 8.06. The van der Waals surface area contributed by atoms with E-state index < -0.39 is 20.0 Å². The second-order valence-electron chi connectivity index (χ2n) is 14.3. The van der Waals surface area contributed by atoms with Gasteiger partial charge >= 0.3 is 7.82 Å². The Morgan fingerprint density at radius 2 is 1.13 bits per heavy atom. The lowest BCUT2D eigenvalue weighted by atomic mass is 10.1. The molecule has 3 N–H and O–H groups in total. The molecule has 0 aromatic heterocycles. The molecule has 0 saturated carbocycles. The van der Waals surface area contributed by atoms with E-state index >= 15 is 0 Å². The molecule has 9 heteroatoms. The Bertz CT molecular complexity index is 1180. The van der Waals surface area contributed by atoms with Crippen LogP contribution in [-0.4, -0.2) is 73.4 Å². The second kappa shape index (κ2) is 35.1. The summed E-state index contributed by atoms with van der Waals surface area (Å²) >= 11 is 0. The predicted octanol–water partition coefficient (Wildman–Crippen LogP) is 10.8. The lowest BCUT2D eigenvalue weighted by molar-refractivity contribution is -0.870. The predicted molar refractivity (Wildman–Crippen MR) is 226 cm³/mol. The van der Waals surface area contributed by atoms with Gasteiger partial charge in [0.05, 0.1) is 39.9 Å². The number of carbonyl (C=O) groups excluding carboxylic acids is 1. The Labute approximate surface area is 324 Å². The van der Waals surface area contributed by atoms with Gasteiger partial charge in [-0.05, 0) is 70.6 Å². The van der Waals surface area contributed by atoms with Crippen LogP contribution in [0.25, 0.3) is 0 Å². The fraction of sp³-hybridized carbons (Fsp3) is 0.614. The smallest absolute Gasteiger partial charge is 0.387 e. The topological polar surface area (TPSA) is 105 Å². The van der Waals surface area contributed by atoms with Crippen molar-refractivity contribution in [2.24, 2.45) is 0 Å². The molecule has 0 saturated heterocycles. The third kappa shape index (κ3) is 37.5. The molecule has 302 valence electrons. The number of unbranched alkanes of at least 4 members (excludes halogenated alkanes) is 7. The molecular weight excluding hydrogens is 683 g/mol. The number of nitrogens with zero attached hydrogens (tertiary/aromatic N) is 1. The maximum atomic E-state index is 12.7. The van der Waals surface area contributed by atoms with Crippen LogP contribution in [0.5, 0.6) is 0 Å². The SMILES string of the molecule is CC/C=C\C/C=C\C/C=C\C/C=C\C/C=C\C/C=C\C/C=C\CCCCCCCC(=O)NC(COP(=O)(O)OCC[N+](C)(C)C)C(O)/C=C/CCCC. The van der Waals surface area contributed by atoms with Crippen LogP contribution in [-0.2, 0) is 18.4 Å². The summed E-state index contributed by atoms with van der Waals surface area (Å²) in [6, 6.07) is -0.859. The number of carbonyl (C=O) groups is 1. The minimum absolute atomic E-state index is 0.0500. The van der Waals surface area contributed by atoms with Crippen molar-refractivity contribution in [1.29, 1.82) is 0 Å². The number of likely N-dealkylation sites (N-methyl/N-ethyl adjacent to an activating group) is 1. The van der Waals surface area contributed by atoms with Gasteiger partial charge in [0, 0.05) is 6.42 Å². The molecule has 0 aliphatic rings. The fourth-order valence-corrected chi connectivity index (χ4v) is 5.56. The molecular formula is C44H76N2O6P+. The third-order valence-corrected chi connectivity index (χ3v) is 9.04. The molecule has 8 nitrogen and oxygen atoms in total. The number of hydrogen-bond donors (Lipinski definition) is 3. The van der Waals surface area contributed by atoms with Gasteiger partial charge in [-0.15, -0.1) is 0 Å². The van der Waals surface area contributed by atoms with Gasteiger partial charge in [0.2, 0.25) is 5.91 Å². The number of nitrogens with one attached hydrogen (secondary N) is 1. The van der Waals surface area contributed by atoms with Crippen molar-refractivity contribution in [2.45, 2.75) is 135 Å². The molecule has 1 amide bonds. The Morgan fingerprint density at radius 3 is 1.64 bits per heavy atom. The standard InChI is InChI=1S/C44H75N2O6P/c1-6-8-10-12-13-14-15-16-17-18-19-20-21-22-23-24-25-26-27-28-29-30-31-32-33-34-36-38-44(48)45-42(43(47)37-35-11-9-7-2)41-52-53(49,50)51-40-39-46(3,4)5/h8,10,13-14,16-17,19-20,22-23,25-26,28-29,35,37,42-43,47H,6-7,9,11-12,15,18,21,24,27,30-34,36,38-41H2,1-5H3,(H-,45,48,49,50)/p+1/b10-8-,14-13-,17-16-,20-19-,23-22-,26-25-,29-28-,37-35+. The van der Waals surface area contributed by atoms with E-state index in [1.165, 1.54) is 0 Å². The van der Waals surface area contributed by atoms with E-state index in [9.17, 15) is 19.4 Å². The molecule has 0 spiro atoms. The Balaban J connectivity index is 4.15. The number of phosphoric acid groups is 1. The highest BCUT2D eigenvalue weighted by Crippen LogP contribution is 2.43. The molecule has 0 aromatic rings. The molecule has 0 aromatic carbocycles. The maximum absolute atomic E-state index is 12.7. The number of phosphoric ester groups is 1. The number of quaternary nitrogens is 1. The van der Waals surface area contributed by atoms with Crippen molar-refractivity contribution in [3.8, 4) is 0 Å². The highest BCUT2D eigenvalue weighted by atomic mass is 31.2. The first-order chi connectivity index (χ1) is 25.5. The summed E-state index contributed by atoms with van der Waals surface area (Å²) in [6.07, 6.45) is 49.7. The summed E-state index contributed by atoms with van der Waals surface area (Å²) in [5.41, 5.74) is 0. The zero-order valence-corrected chi connectivity index (χ0v) is 34.9. The molecule has 3 unspecified atom stereocenters. The summed E-state index contributed by atoms with van der Waals surface area (Å²) in [6.45, 7) is 4.48. The van der Waals surface area contributed by atoms with E-state index in [0.717, 1.165) is 103 Å². The highest BCUT2D eigenvalue weighted by Gasteiger charge is 2.27. The van der Waals surface area contributed by atoms with E-state index in [0.29, 0.717) is 17.4 Å². The zero-order chi connectivity index (χ0) is 39.3. The van der Waals surface area contributed by atoms with Gasteiger partial charge in [-0.1, -0.05) is 143 Å². The largest absolute Gasteiger partial charge is 0.472 e. The summed E-state index contributed by atoms with van der Waals surface area (Å²) in [5, 5.41) is 13.5. The zero-order valence-electron chi connectivity index (χ0n) is 34.0. The van der Waals surface area contributed by atoms with Crippen LogP contribution in [0.1, 0.15) is 123 Å². The molecule has 0 aliphatic carbocycles. The summed E-state index contributed by atoms with van der Waals surface area (Å²) in [4.78, 5) is 22.8. The molecule has 0 heterocycles. The first kappa shape index (κ1) is 50.4. The normalized spacial score (nSPS) is 15.5. The minimum atomic E-state index is -4.33. The molecule has 0 fully saturated rings. The number of aliphatic hydroxyl groups is 1. The summed E-state index contributed by atoms with van der Waals surface area (Å²) in [5.74, 6) is -0.212. The van der Waals surface area contributed by atoms with E-state index in [1.54, 1.807) is 6.08 Å². The van der Waals surface area contributed by atoms with Gasteiger partial charge in [-0.25, -0.2) is 4.57 Å². The Kier molecular flexibility index (Phi) is 33.4. The minimum Gasteiger partial charge on any atom is -0.387 e. The quantitative estimate of drug-likeness (QED) is 0.0261. The van der Waals surface area contributed by atoms with E-state index in [2.05, 4.69) is 104 Å². The first-order valence-electron chi connectivity index (χ1n) is 20.1. The number of aliphatic hydroxyl groups excluding tert-OH is 1. The fourth-order valence-electron chi connectivity index (χ4n) is 4.83. The van der Waals surface area contributed by atoms with Crippen molar-refractivity contribution in [3.05, 3.63) is 97.2 Å². The van der Waals surface area contributed by atoms with Gasteiger partial charge in [0.25, 0.3) is 0 Å². The van der Waals surface area contributed by atoms with Gasteiger partial charge in [-0.2, -0.15) is 0 Å². The van der Waals surface area contributed by atoms with Crippen LogP contribution < -0.4 is 5.32 Å². The number of amides is 1. The molecule has 0 rings (SSSR count). The van der Waals surface area contributed by atoms with Crippen molar-refractivity contribution in [1.82, 2.24) is 5.32 Å². The van der Waals surface area contributed by atoms with Gasteiger partial charge < -0.3 is 19.8 Å². The van der Waals surface area contributed by atoms with Crippen molar-refractivity contribution in [2.75, 3.05) is 40.9 Å². The monoisotopic (exact) mass is 760 g/mol. The maximum Gasteiger partial charge on any atom is 0.472 e.